The van der Waals surface area contributed by atoms with Crippen LogP contribution in [0.4, 0.5) is 5.69 Å². The SMILES string of the molecule is O=C(N/N=C/c1cccc(Oc2ccccc2)c1)C(=O)Nc1cccc2ccccc12. The summed E-state index contributed by atoms with van der Waals surface area (Å²) in [6, 6.07) is 29.7. The van der Waals surface area contributed by atoms with E-state index in [1.807, 2.05) is 84.9 Å². The van der Waals surface area contributed by atoms with E-state index in [4.69, 9.17) is 4.74 Å². The Balaban J connectivity index is 1.37. The number of rotatable bonds is 5. The fraction of sp³-hybridized carbons (Fsp3) is 0. The third kappa shape index (κ3) is 5.13. The van der Waals surface area contributed by atoms with Gasteiger partial charge in [-0.2, -0.15) is 5.10 Å². The first-order chi connectivity index (χ1) is 15.2. The first-order valence-electron chi connectivity index (χ1n) is 9.64. The van der Waals surface area contributed by atoms with Gasteiger partial charge in [0, 0.05) is 11.1 Å². The van der Waals surface area contributed by atoms with Gasteiger partial charge >= 0.3 is 11.8 Å². The highest BCUT2D eigenvalue weighted by molar-refractivity contribution is 6.40. The van der Waals surface area contributed by atoms with Crippen LogP contribution in [-0.2, 0) is 9.59 Å². The Labute approximate surface area is 179 Å². The molecule has 0 saturated carbocycles. The summed E-state index contributed by atoms with van der Waals surface area (Å²) in [5.74, 6) is -0.305. The largest absolute Gasteiger partial charge is 0.457 e. The zero-order chi connectivity index (χ0) is 21.5. The third-order valence-electron chi connectivity index (χ3n) is 4.46. The number of hydrogen-bond donors (Lipinski definition) is 2. The standard InChI is InChI=1S/C25H19N3O3/c29-24(27-23-15-7-10-19-9-4-5-14-22(19)23)25(30)28-26-17-18-8-6-13-21(16-18)31-20-11-2-1-3-12-20/h1-17H,(H,27,29)(H,28,30)/b26-17+. The lowest BCUT2D eigenvalue weighted by molar-refractivity contribution is -0.136. The van der Waals surface area contributed by atoms with Crippen molar-refractivity contribution in [3.05, 3.63) is 103 Å². The normalized spacial score (nSPS) is 10.7. The summed E-state index contributed by atoms with van der Waals surface area (Å²) in [4.78, 5) is 24.4. The zero-order valence-electron chi connectivity index (χ0n) is 16.5. The molecule has 0 aliphatic carbocycles. The molecule has 0 saturated heterocycles. The second kappa shape index (κ2) is 9.37. The molecule has 6 heteroatoms. The molecule has 2 N–H and O–H groups in total. The summed E-state index contributed by atoms with van der Waals surface area (Å²) in [5, 5.41) is 8.32. The second-order valence-electron chi connectivity index (χ2n) is 6.67. The Bertz CT molecular complexity index is 1250. The molecular formula is C25H19N3O3. The average Bonchev–Trinajstić information content (AvgIpc) is 2.80. The number of hydrogen-bond acceptors (Lipinski definition) is 4. The number of ether oxygens (including phenoxy) is 1. The lowest BCUT2D eigenvalue weighted by atomic mass is 10.1. The van der Waals surface area contributed by atoms with Gasteiger partial charge in [-0.05, 0) is 41.3 Å². The molecule has 6 nitrogen and oxygen atoms in total. The summed E-state index contributed by atoms with van der Waals surface area (Å²) in [5.41, 5.74) is 3.52. The molecule has 0 heterocycles. The highest BCUT2D eigenvalue weighted by Gasteiger charge is 2.14. The molecule has 0 radical (unpaired) electrons. The monoisotopic (exact) mass is 409 g/mol. The Kier molecular flexibility index (Phi) is 6.00. The fourth-order valence-electron chi connectivity index (χ4n) is 3.01. The first kappa shape index (κ1) is 19.8. The number of benzene rings is 4. The van der Waals surface area contributed by atoms with Crippen molar-refractivity contribution in [2.24, 2.45) is 5.10 Å². The predicted molar refractivity (Wildman–Crippen MR) is 121 cm³/mol. The van der Waals surface area contributed by atoms with Gasteiger partial charge in [-0.1, -0.05) is 66.7 Å². The summed E-state index contributed by atoms with van der Waals surface area (Å²) in [7, 11) is 0. The maximum atomic E-state index is 12.2. The average molecular weight is 409 g/mol. The van der Waals surface area contributed by atoms with Crippen LogP contribution in [0.15, 0.2) is 102 Å². The number of carbonyl (C=O) groups is 2. The van der Waals surface area contributed by atoms with E-state index in [0.29, 0.717) is 17.0 Å². The topological polar surface area (TPSA) is 79.8 Å². The molecule has 0 aromatic heterocycles. The lowest BCUT2D eigenvalue weighted by Gasteiger charge is -2.07. The van der Waals surface area contributed by atoms with Crippen LogP contribution in [0, 0.1) is 0 Å². The molecule has 0 atom stereocenters. The molecular weight excluding hydrogens is 390 g/mol. The number of nitrogens with one attached hydrogen (secondary N) is 2. The van der Waals surface area contributed by atoms with E-state index in [9.17, 15) is 9.59 Å². The van der Waals surface area contributed by atoms with Gasteiger partial charge in [0.15, 0.2) is 0 Å². The Morgan fingerprint density at radius 3 is 2.32 bits per heavy atom. The van der Waals surface area contributed by atoms with Crippen molar-refractivity contribution < 1.29 is 14.3 Å². The van der Waals surface area contributed by atoms with Crippen molar-refractivity contribution in [1.29, 1.82) is 0 Å². The van der Waals surface area contributed by atoms with Gasteiger partial charge in [0.25, 0.3) is 0 Å². The van der Waals surface area contributed by atoms with E-state index in [2.05, 4.69) is 15.8 Å². The molecule has 0 spiro atoms. The Morgan fingerprint density at radius 2 is 1.45 bits per heavy atom. The molecule has 0 bridgehead atoms. The van der Waals surface area contributed by atoms with Crippen molar-refractivity contribution in [3.63, 3.8) is 0 Å². The molecule has 0 aliphatic rings. The van der Waals surface area contributed by atoms with Gasteiger partial charge in [-0.3, -0.25) is 9.59 Å². The van der Waals surface area contributed by atoms with E-state index >= 15 is 0 Å². The predicted octanol–water partition coefficient (Wildman–Crippen LogP) is 4.72. The van der Waals surface area contributed by atoms with Crippen LogP contribution < -0.4 is 15.5 Å². The molecule has 0 aliphatic heterocycles. The summed E-state index contributed by atoms with van der Waals surface area (Å²) in [6.07, 6.45) is 1.45. The molecule has 31 heavy (non-hydrogen) atoms. The van der Waals surface area contributed by atoms with Crippen LogP contribution in [0.5, 0.6) is 11.5 Å². The Hall–Kier alpha value is -4.45. The highest BCUT2D eigenvalue weighted by Crippen LogP contribution is 2.23. The number of fused-ring (bicyclic) bond motifs is 1. The fourth-order valence-corrected chi connectivity index (χ4v) is 3.01. The van der Waals surface area contributed by atoms with Gasteiger partial charge in [-0.15, -0.1) is 0 Å². The van der Waals surface area contributed by atoms with Gasteiger partial charge in [0.1, 0.15) is 11.5 Å². The van der Waals surface area contributed by atoms with Crippen molar-refractivity contribution in [3.8, 4) is 11.5 Å². The maximum Gasteiger partial charge on any atom is 0.329 e. The van der Waals surface area contributed by atoms with Crippen molar-refractivity contribution in [1.82, 2.24) is 5.43 Å². The lowest BCUT2D eigenvalue weighted by Crippen LogP contribution is -2.32. The molecule has 4 aromatic rings. The molecule has 4 rings (SSSR count). The van der Waals surface area contributed by atoms with Crippen LogP contribution in [-0.4, -0.2) is 18.0 Å². The third-order valence-corrected chi connectivity index (χ3v) is 4.46. The van der Waals surface area contributed by atoms with Crippen molar-refractivity contribution in [2.75, 3.05) is 5.32 Å². The summed E-state index contributed by atoms with van der Waals surface area (Å²) >= 11 is 0. The maximum absolute atomic E-state index is 12.2. The second-order valence-corrected chi connectivity index (χ2v) is 6.67. The van der Waals surface area contributed by atoms with E-state index in [-0.39, 0.29) is 0 Å². The number of hydrazone groups is 1. The molecule has 152 valence electrons. The zero-order valence-corrected chi connectivity index (χ0v) is 16.5. The molecule has 4 aromatic carbocycles. The first-order valence-corrected chi connectivity index (χ1v) is 9.64. The highest BCUT2D eigenvalue weighted by atomic mass is 16.5. The van der Waals surface area contributed by atoms with Gasteiger partial charge in [0.05, 0.1) is 6.21 Å². The van der Waals surface area contributed by atoms with Gasteiger partial charge in [-0.25, -0.2) is 5.43 Å². The number of nitrogens with zero attached hydrogens (tertiary/aromatic N) is 1. The van der Waals surface area contributed by atoms with E-state index in [1.54, 1.807) is 12.1 Å². The molecule has 2 amide bonds. The number of carbonyl (C=O) groups excluding carboxylic acids is 2. The number of amides is 2. The summed E-state index contributed by atoms with van der Waals surface area (Å²) in [6.45, 7) is 0. The van der Waals surface area contributed by atoms with Crippen molar-refractivity contribution in [2.45, 2.75) is 0 Å². The number of anilines is 1. The van der Waals surface area contributed by atoms with Crippen LogP contribution in [0.2, 0.25) is 0 Å². The molecule has 0 fully saturated rings. The molecule has 0 unspecified atom stereocenters. The van der Waals surface area contributed by atoms with E-state index in [1.165, 1.54) is 6.21 Å². The Morgan fingerprint density at radius 1 is 0.742 bits per heavy atom. The van der Waals surface area contributed by atoms with E-state index in [0.717, 1.165) is 16.5 Å². The minimum Gasteiger partial charge on any atom is -0.457 e. The van der Waals surface area contributed by atoms with Crippen LogP contribution in [0.25, 0.3) is 10.8 Å². The smallest absolute Gasteiger partial charge is 0.329 e. The van der Waals surface area contributed by atoms with Crippen LogP contribution in [0.3, 0.4) is 0 Å². The van der Waals surface area contributed by atoms with Crippen LogP contribution >= 0.6 is 0 Å². The minimum atomic E-state index is -0.860. The van der Waals surface area contributed by atoms with Gasteiger partial charge in [0.2, 0.25) is 0 Å². The quantitative estimate of drug-likeness (QED) is 0.284. The number of para-hydroxylation sites is 1. The van der Waals surface area contributed by atoms with Crippen LogP contribution in [0.1, 0.15) is 5.56 Å². The van der Waals surface area contributed by atoms with Gasteiger partial charge < -0.3 is 10.1 Å². The minimum absolute atomic E-state index is 0.563. The summed E-state index contributed by atoms with van der Waals surface area (Å²) < 4.78 is 5.77. The van der Waals surface area contributed by atoms with E-state index < -0.39 is 11.8 Å². The van der Waals surface area contributed by atoms with Crippen molar-refractivity contribution >= 4 is 34.5 Å².